The van der Waals surface area contributed by atoms with Crippen molar-refractivity contribution < 1.29 is 4.79 Å². The molecule has 0 aromatic carbocycles. The van der Waals surface area contributed by atoms with Crippen LogP contribution >= 0.6 is 0 Å². The average Bonchev–Trinajstić information content (AvgIpc) is 2.61. The summed E-state index contributed by atoms with van der Waals surface area (Å²) in [6, 6.07) is 0. The van der Waals surface area contributed by atoms with Gasteiger partial charge in [0.25, 0.3) is 0 Å². The van der Waals surface area contributed by atoms with Crippen molar-refractivity contribution in [3.63, 3.8) is 0 Å². The van der Waals surface area contributed by atoms with E-state index in [1.807, 2.05) is 32.4 Å². The largest absolute Gasteiger partial charge is 0.305 e. The molecule has 0 bridgehead atoms. The number of hydrogen-bond donors (Lipinski definition) is 1. The molecule has 1 aromatic rings. The van der Waals surface area contributed by atoms with Crippen molar-refractivity contribution in [1.29, 1.82) is 5.41 Å². The maximum atomic E-state index is 11.1. The Morgan fingerprint density at radius 3 is 2.67 bits per heavy atom. The molecule has 1 atom stereocenters. The molecule has 4 nitrogen and oxygen atoms in total. The summed E-state index contributed by atoms with van der Waals surface area (Å²) >= 11 is 0. The van der Waals surface area contributed by atoms with Crippen LogP contribution in [0.5, 0.6) is 0 Å². The van der Waals surface area contributed by atoms with Crippen molar-refractivity contribution >= 4 is 11.5 Å². The van der Waals surface area contributed by atoms with Crippen LogP contribution in [0, 0.1) is 11.3 Å². The predicted octanol–water partition coefficient (Wildman–Crippen LogP) is 2.54. The first kappa shape index (κ1) is 14.4. The average molecular weight is 247 g/mol. The second kappa shape index (κ2) is 6.28. The molecule has 0 aliphatic rings. The fraction of sp³-hybridized carbons (Fsp3) is 0.500. The highest BCUT2D eigenvalue weighted by molar-refractivity contribution is 5.96. The molecule has 1 N–H and O–H groups in total. The standard InChI is InChI=1S/C14H21N3O/c1-10(5-11(2)18)6-14(12(3)15)7-13-8-16-17(4)9-13/h6,8-10,15H,5,7H2,1-4H3/b14-6-,15-12?. The van der Waals surface area contributed by atoms with Gasteiger partial charge in [-0.1, -0.05) is 13.0 Å². The highest BCUT2D eigenvalue weighted by Crippen LogP contribution is 2.14. The molecule has 0 fully saturated rings. The van der Waals surface area contributed by atoms with E-state index in [-0.39, 0.29) is 11.7 Å². The van der Waals surface area contributed by atoms with Crippen molar-refractivity contribution in [2.75, 3.05) is 0 Å². The summed E-state index contributed by atoms with van der Waals surface area (Å²) in [5, 5.41) is 11.9. The first-order valence-corrected chi connectivity index (χ1v) is 6.11. The minimum Gasteiger partial charge on any atom is -0.305 e. The monoisotopic (exact) mass is 247 g/mol. The summed E-state index contributed by atoms with van der Waals surface area (Å²) in [6.45, 7) is 5.39. The van der Waals surface area contributed by atoms with Crippen molar-refractivity contribution in [3.05, 3.63) is 29.6 Å². The number of nitrogens with one attached hydrogen (secondary N) is 1. The van der Waals surface area contributed by atoms with Crippen LogP contribution in [-0.2, 0) is 18.3 Å². The number of Topliss-reactive ketones (excluding diaryl/α,β-unsaturated/α-hetero) is 1. The van der Waals surface area contributed by atoms with Gasteiger partial charge in [-0.25, -0.2) is 0 Å². The molecule has 1 heterocycles. The van der Waals surface area contributed by atoms with Crippen molar-refractivity contribution in [3.8, 4) is 0 Å². The summed E-state index contributed by atoms with van der Waals surface area (Å²) in [7, 11) is 1.88. The SMILES string of the molecule is CC(=N)/C(=C\C(C)CC(C)=O)Cc1cnn(C)c1. The van der Waals surface area contributed by atoms with Crippen LogP contribution in [-0.4, -0.2) is 21.3 Å². The number of rotatable bonds is 6. The van der Waals surface area contributed by atoms with Gasteiger partial charge in [0, 0.05) is 31.8 Å². The number of aromatic nitrogens is 2. The van der Waals surface area contributed by atoms with E-state index in [1.54, 1.807) is 18.5 Å². The predicted molar refractivity (Wildman–Crippen MR) is 72.9 cm³/mol. The Morgan fingerprint density at radius 1 is 1.56 bits per heavy atom. The lowest BCUT2D eigenvalue weighted by atomic mass is 9.96. The van der Waals surface area contributed by atoms with Gasteiger partial charge in [-0.3, -0.25) is 4.68 Å². The van der Waals surface area contributed by atoms with E-state index in [0.717, 1.165) is 11.1 Å². The van der Waals surface area contributed by atoms with Gasteiger partial charge >= 0.3 is 0 Å². The van der Waals surface area contributed by atoms with Crippen LogP contribution in [0.3, 0.4) is 0 Å². The maximum absolute atomic E-state index is 11.1. The van der Waals surface area contributed by atoms with Gasteiger partial charge < -0.3 is 10.2 Å². The number of carbonyl (C=O) groups excluding carboxylic acids is 1. The molecule has 4 heteroatoms. The van der Waals surface area contributed by atoms with E-state index in [2.05, 4.69) is 5.10 Å². The highest BCUT2D eigenvalue weighted by atomic mass is 16.1. The van der Waals surface area contributed by atoms with Crippen LogP contribution < -0.4 is 0 Å². The van der Waals surface area contributed by atoms with Gasteiger partial charge in [-0.2, -0.15) is 5.10 Å². The van der Waals surface area contributed by atoms with Crippen LogP contribution in [0.25, 0.3) is 0 Å². The second-order valence-electron chi connectivity index (χ2n) is 4.90. The maximum Gasteiger partial charge on any atom is 0.130 e. The zero-order valence-electron chi connectivity index (χ0n) is 11.5. The fourth-order valence-electron chi connectivity index (χ4n) is 1.96. The van der Waals surface area contributed by atoms with E-state index in [4.69, 9.17) is 5.41 Å². The van der Waals surface area contributed by atoms with Crippen molar-refractivity contribution in [2.45, 2.75) is 33.6 Å². The van der Waals surface area contributed by atoms with Crippen LogP contribution in [0.4, 0.5) is 0 Å². The van der Waals surface area contributed by atoms with E-state index in [9.17, 15) is 4.79 Å². The third kappa shape index (κ3) is 4.65. The molecule has 18 heavy (non-hydrogen) atoms. The highest BCUT2D eigenvalue weighted by Gasteiger charge is 2.08. The quantitative estimate of drug-likeness (QED) is 0.785. The molecule has 0 saturated heterocycles. The minimum absolute atomic E-state index is 0.175. The Morgan fingerprint density at radius 2 is 2.22 bits per heavy atom. The molecular weight excluding hydrogens is 226 g/mol. The first-order valence-electron chi connectivity index (χ1n) is 6.11. The summed E-state index contributed by atoms with van der Waals surface area (Å²) in [5.41, 5.74) is 2.61. The lowest BCUT2D eigenvalue weighted by Crippen LogP contribution is -2.05. The van der Waals surface area contributed by atoms with Gasteiger partial charge in [-0.15, -0.1) is 0 Å². The number of ketones is 1. The van der Waals surface area contributed by atoms with Gasteiger partial charge in [0.2, 0.25) is 0 Å². The Balaban J connectivity index is 2.79. The van der Waals surface area contributed by atoms with Crippen LogP contribution in [0.15, 0.2) is 24.0 Å². The molecule has 0 amide bonds. The molecule has 0 aliphatic heterocycles. The Labute approximate surface area is 108 Å². The molecule has 0 saturated carbocycles. The number of allylic oxidation sites excluding steroid dienone is 2. The lowest BCUT2D eigenvalue weighted by Gasteiger charge is -2.09. The number of aryl methyl sites for hydroxylation is 1. The number of nitrogens with zero attached hydrogens (tertiary/aromatic N) is 2. The molecule has 1 unspecified atom stereocenters. The third-order valence-electron chi connectivity index (χ3n) is 2.73. The molecular formula is C14H21N3O. The molecule has 1 rings (SSSR count). The smallest absolute Gasteiger partial charge is 0.130 e. The third-order valence-corrected chi connectivity index (χ3v) is 2.73. The Hall–Kier alpha value is -1.71. The number of carbonyl (C=O) groups is 1. The van der Waals surface area contributed by atoms with Gasteiger partial charge in [0.15, 0.2) is 0 Å². The van der Waals surface area contributed by atoms with E-state index in [0.29, 0.717) is 18.6 Å². The van der Waals surface area contributed by atoms with Gasteiger partial charge in [0.05, 0.1) is 6.20 Å². The zero-order valence-corrected chi connectivity index (χ0v) is 11.5. The fourth-order valence-corrected chi connectivity index (χ4v) is 1.96. The molecule has 0 spiro atoms. The van der Waals surface area contributed by atoms with Crippen molar-refractivity contribution in [2.24, 2.45) is 13.0 Å². The summed E-state index contributed by atoms with van der Waals surface area (Å²) in [5.74, 6) is 0.358. The normalized spacial score (nSPS) is 13.4. The molecule has 0 radical (unpaired) electrons. The topological polar surface area (TPSA) is 58.7 Å². The van der Waals surface area contributed by atoms with Gasteiger partial charge in [-0.05, 0) is 30.9 Å². The lowest BCUT2D eigenvalue weighted by molar-refractivity contribution is -0.117. The number of hydrogen-bond acceptors (Lipinski definition) is 3. The van der Waals surface area contributed by atoms with Crippen LogP contribution in [0.1, 0.15) is 32.8 Å². The second-order valence-corrected chi connectivity index (χ2v) is 4.90. The molecule has 1 aromatic heterocycles. The molecule has 98 valence electrons. The van der Waals surface area contributed by atoms with Crippen LogP contribution in [0.2, 0.25) is 0 Å². The summed E-state index contributed by atoms with van der Waals surface area (Å²) in [4.78, 5) is 11.1. The zero-order chi connectivity index (χ0) is 13.7. The van der Waals surface area contributed by atoms with E-state index < -0.39 is 0 Å². The minimum atomic E-state index is 0.175. The van der Waals surface area contributed by atoms with E-state index in [1.165, 1.54) is 0 Å². The Bertz CT molecular complexity index is 471. The summed E-state index contributed by atoms with van der Waals surface area (Å²) < 4.78 is 1.76. The first-order chi connectivity index (χ1) is 8.38. The van der Waals surface area contributed by atoms with Gasteiger partial charge in [0.1, 0.15) is 5.78 Å². The summed E-state index contributed by atoms with van der Waals surface area (Å²) in [6.07, 6.45) is 7.02. The Kier molecular flexibility index (Phi) is 5.01. The molecule has 0 aliphatic carbocycles. The van der Waals surface area contributed by atoms with E-state index >= 15 is 0 Å². The van der Waals surface area contributed by atoms with Crippen molar-refractivity contribution in [1.82, 2.24) is 9.78 Å².